The van der Waals surface area contributed by atoms with Crippen molar-refractivity contribution in [3.63, 3.8) is 0 Å². The van der Waals surface area contributed by atoms with Crippen LogP contribution in [-0.2, 0) is 11.3 Å². The summed E-state index contributed by atoms with van der Waals surface area (Å²) in [6, 6.07) is 23.2. The average Bonchev–Trinajstić information content (AvgIpc) is 2.65. The number of fused-ring (bicyclic) bond motifs is 1. The van der Waals surface area contributed by atoms with Crippen LogP contribution < -0.4 is 10.6 Å². The largest absolute Gasteiger partial charge is 0.334 e. The second-order valence-electron chi connectivity index (χ2n) is 5.51. The van der Waals surface area contributed by atoms with Gasteiger partial charge in [-0.05, 0) is 28.5 Å². The molecule has 0 unspecified atom stereocenters. The molecule has 5 heteroatoms. The summed E-state index contributed by atoms with van der Waals surface area (Å²) in [6.07, 6.45) is 0. The van der Waals surface area contributed by atoms with Gasteiger partial charge in [0.25, 0.3) is 0 Å². The molecule has 126 valence electrons. The van der Waals surface area contributed by atoms with Crippen LogP contribution in [0.3, 0.4) is 0 Å². The quantitative estimate of drug-likeness (QED) is 0.685. The fraction of sp³-hybridized carbons (Fsp3) is 0.100. The zero-order chi connectivity index (χ0) is 17.5. The van der Waals surface area contributed by atoms with Gasteiger partial charge >= 0.3 is 6.03 Å². The molecular formula is C20H18N2O2S. The first-order chi connectivity index (χ1) is 12.2. The van der Waals surface area contributed by atoms with Crippen molar-refractivity contribution in [1.82, 2.24) is 10.6 Å². The molecule has 0 radical (unpaired) electrons. The number of hydrogen-bond donors (Lipinski definition) is 2. The third kappa shape index (κ3) is 5.09. The Morgan fingerprint density at radius 2 is 1.56 bits per heavy atom. The molecule has 0 saturated carbocycles. The number of thioether (sulfide) groups is 1. The third-order valence-corrected chi connectivity index (χ3v) is 4.63. The summed E-state index contributed by atoms with van der Waals surface area (Å²) in [6.45, 7) is 0.387. The maximum absolute atomic E-state index is 11.9. The van der Waals surface area contributed by atoms with Crippen molar-refractivity contribution in [3.8, 4) is 0 Å². The van der Waals surface area contributed by atoms with Crippen LogP contribution in [0, 0.1) is 0 Å². The predicted octanol–water partition coefficient (Wildman–Crippen LogP) is 3.96. The van der Waals surface area contributed by atoms with E-state index in [1.165, 1.54) is 11.8 Å². The van der Waals surface area contributed by atoms with Crippen molar-refractivity contribution >= 4 is 34.5 Å². The number of carbonyl (C=O) groups excluding carboxylic acids is 2. The molecule has 3 aromatic rings. The second kappa shape index (κ2) is 8.35. The molecule has 0 heterocycles. The van der Waals surface area contributed by atoms with Gasteiger partial charge in [-0.25, -0.2) is 4.79 Å². The van der Waals surface area contributed by atoms with E-state index in [0.717, 1.165) is 21.2 Å². The van der Waals surface area contributed by atoms with Crippen molar-refractivity contribution in [1.29, 1.82) is 0 Å². The molecule has 0 aliphatic heterocycles. The van der Waals surface area contributed by atoms with E-state index in [9.17, 15) is 9.59 Å². The van der Waals surface area contributed by atoms with Gasteiger partial charge in [0.2, 0.25) is 5.91 Å². The molecule has 25 heavy (non-hydrogen) atoms. The topological polar surface area (TPSA) is 58.2 Å². The maximum atomic E-state index is 11.9. The molecule has 0 aliphatic rings. The Labute approximate surface area is 150 Å². The van der Waals surface area contributed by atoms with Gasteiger partial charge in [0.15, 0.2) is 0 Å². The Morgan fingerprint density at radius 1 is 0.840 bits per heavy atom. The summed E-state index contributed by atoms with van der Waals surface area (Å²) in [4.78, 5) is 24.7. The highest BCUT2D eigenvalue weighted by atomic mass is 32.2. The van der Waals surface area contributed by atoms with Crippen LogP contribution in [0.1, 0.15) is 5.56 Å². The van der Waals surface area contributed by atoms with Crippen LogP contribution in [0.5, 0.6) is 0 Å². The zero-order valence-corrected chi connectivity index (χ0v) is 14.4. The summed E-state index contributed by atoms with van der Waals surface area (Å²) in [5.74, 6) is -0.124. The van der Waals surface area contributed by atoms with Gasteiger partial charge in [-0.1, -0.05) is 60.7 Å². The van der Waals surface area contributed by atoms with Crippen LogP contribution in [0.25, 0.3) is 10.8 Å². The number of amides is 3. The minimum Gasteiger partial charge on any atom is -0.334 e. The van der Waals surface area contributed by atoms with Gasteiger partial charge in [0.1, 0.15) is 0 Å². The Morgan fingerprint density at radius 3 is 2.36 bits per heavy atom. The molecule has 4 nitrogen and oxygen atoms in total. The van der Waals surface area contributed by atoms with E-state index in [1.54, 1.807) is 0 Å². The Bertz CT molecular complexity index is 881. The number of imide groups is 1. The fourth-order valence-electron chi connectivity index (χ4n) is 2.39. The van der Waals surface area contributed by atoms with E-state index < -0.39 is 6.03 Å². The molecule has 3 aromatic carbocycles. The molecule has 0 aromatic heterocycles. The second-order valence-corrected chi connectivity index (χ2v) is 6.56. The fourth-order valence-corrected chi connectivity index (χ4v) is 3.14. The van der Waals surface area contributed by atoms with Gasteiger partial charge < -0.3 is 5.32 Å². The average molecular weight is 350 g/mol. The smallest absolute Gasteiger partial charge is 0.321 e. The van der Waals surface area contributed by atoms with E-state index in [1.807, 2.05) is 72.8 Å². The van der Waals surface area contributed by atoms with E-state index in [-0.39, 0.29) is 11.7 Å². The SMILES string of the molecule is O=C(CSc1ccc2ccccc2c1)NC(=O)NCc1ccccc1. The molecule has 0 atom stereocenters. The first-order valence-corrected chi connectivity index (χ1v) is 8.92. The minimum absolute atomic E-state index is 0.192. The third-order valence-electron chi connectivity index (χ3n) is 3.64. The standard InChI is InChI=1S/C20H18N2O2S/c23-19(22-20(24)21-13-15-6-2-1-3-7-15)14-25-18-11-10-16-8-4-5-9-17(16)12-18/h1-12H,13-14H2,(H2,21,22,23,24). The van der Waals surface area contributed by atoms with Gasteiger partial charge in [0.05, 0.1) is 5.75 Å². The lowest BCUT2D eigenvalue weighted by molar-refractivity contribution is -0.117. The minimum atomic E-state index is -0.479. The summed E-state index contributed by atoms with van der Waals surface area (Å²) >= 11 is 1.41. The number of rotatable bonds is 5. The molecule has 3 rings (SSSR count). The van der Waals surface area contributed by atoms with Crippen LogP contribution >= 0.6 is 11.8 Å². The lowest BCUT2D eigenvalue weighted by Gasteiger charge is -2.07. The number of hydrogen-bond acceptors (Lipinski definition) is 3. The Hall–Kier alpha value is -2.79. The number of carbonyl (C=O) groups is 2. The number of benzene rings is 3. The summed E-state index contributed by atoms with van der Waals surface area (Å²) < 4.78 is 0. The molecule has 0 saturated heterocycles. The number of urea groups is 1. The Kier molecular flexibility index (Phi) is 5.69. The monoisotopic (exact) mass is 350 g/mol. The van der Waals surface area contributed by atoms with Crippen LogP contribution in [-0.4, -0.2) is 17.7 Å². The summed E-state index contributed by atoms with van der Waals surface area (Å²) in [5, 5.41) is 7.32. The van der Waals surface area contributed by atoms with Crippen molar-refractivity contribution < 1.29 is 9.59 Å². The van der Waals surface area contributed by atoms with Crippen molar-refractivity contribution in [2.75, 3.05) is 5.75 Å². The molecule has 2 N–H and O–H groups in total. The van der Waals surface area contributed by atoms with Gasteiger partial charge in [-0.3, -0.25) is 10.1 Å². The van der Waals surface area contributed by atoms with Crippen LogP contribution in [0.15, 0.2) is 77.7 Å². The normalized spacial score (nSPS) is 10.4. The van der Waals surface area contributed by atoms with Gasteiger partial charge in [-0.2, -0.15) is 0 Å². The highest BCUT2D eigenvalue weighted by molar-refractivity contribution is 8.00. The first kappa shape index (κ1) is 17.0. The molecule has 0 spiro atoms. The Balaban J connectivity index is 1.46. The van der Waals surface area contributed by atoms with Crippen LogP contribution in [0.2, 0.25) is 0 Å². The highest BCUT2D eigenvalue weighted by Crippen LogP contribution is 2.23. The molecule has 0 aliphatic carbocycles. The summed E-state index contributed by atoms with van der Waals surface area (Å²) in [7, 11) is 0. The maximum Gasteiger partial charge on any atom is 0.321 e. The molecule has 0 fully saturated rings. The van der Waals surface area contributed by atoms with Gasteiger partial charge in [0, 0.05) is 11.4 Å². The molecule has 3 amide bonds. The zero-order valence-electron chi connectivity index (χ0n) is 13.6. The van der Waals surface area contributed by atoms with E-state index in [2.05, 4.69) is 10.6 Å². The van der Waals surface area contributed by atoms with E-state index in [4.69, 9.17) is 0 Å². The van der Waals surface area contributed by atoms with E-state index in [0.29, 0.717) is 6.54 Å². The lowest BCUT2D eigenvalue weighted by atomic mass is 10.1. The first-order valence-electron chi connectivity index (χ1n) is 7.94. The van der Waals surface area contributed by atoms with E-state index >= 15 is 0 Å². The predicted molar refractivity (Wildman–Crippen MR) is 101 cm³/mol. The van der Waals surface area contributed by atoms with Crippen molar-refractivity contribution in [2.45, 2.75) is 11.4 Å². The molecule has 0 bridgehead atoms. The number of nitrogens with one attached hydrogen (secondary N) is 2. The molecular weight excluding hydrogens is 332 g/mol. The van der Waals surface area contributed by atoms with Crippen molar-refractivity contribution in [3.05, 3.63) is 78.4 Å². The lowest BCUT2D eigenvalue weighted by Crippen LogP contribution is -2.39. The van der Waals surface area contributed by atoms with Crippen molar-refractivity contribution in [2.24, 2.45) is 0 Å². The van der Waals surface area contributed by atoms with Gasteiger partial charge in [-0.15, -0.1) is 11.8 Å². The van der Waals surface area contributed by atoms with Crippen LogP contribution in [0.4, 0.5) is 4.79 Å². The summed E-state index contributed by atoms with van der Waals surface area (Å²) in [5.41, 5.74) is 0.982. The highest BCUT2D eigenvalue weighted by Gasteiger charge is 2.08.